The zero-order valence-corrected chi connectivity index (χ0v) is 26.7. The Bertz CT molecular complexity index is 589. The van der Waals surface area contributed by atoms with E-state index in [1.165, 1.54) is 64.2 Å². The van der Waals surface area contributed by atoms with Gasteiger partial charge in [0.1, 0.15) is 0 Å². The molecule has 1 saturated carbocycles. The largest absolute Gasteiger partial charge is 0.465 e. The Morgan fingerprint density at radius 3 is 1.29 bits per heavy atom. The number of hydrogen-bond donors (Lipinski definition) is 0. The van der Waals surface area contributed by atoms with Gasteiger partial charge in [-0.2, -0.15) is 0 Å². The normalized spacial score (nSPS) is 20.1. The van der Waals surface area contributed by atoms with Crippen LogP contribution in [0.25, 0.3) is 0 Å². The van der Waals surface area contributed by atoms with E-state index in [4.69, 9.17) is 9.47 Å². The lowest BCUT2D eigenvalue weighted by Gasteiger charge is -2.32. The third-order valence-corrected chi connectivity index (χ3v) is 10.0. The van der Waals surface area contributed by atoms with Crippen molar-refractivity contribution >= 4 is 11.9 Å². The molecule has 0 bridgehead atoms. The number of hydrogen-bond acceptors (Lipinski definition) is 4. The van der Waals surface area contributed by atoms with Crippen LogP contribution in [0, 0.1) is 34.5 Å². The molecule has 0 aromatic carbocycles. The second kappa shape index (κ2) is 18.3. The van der Waals surface area contributed by atoms with Crippen molar-refractivity contribution in [1.29, 1.82) is 0 Å². The van der Waals surface area contributed by atoms with E-state index in [0.717, 1.165) is 38.5 Å². The summed E-state index contributed by atoms with van der Waals surface area (Å²) in [5, 5.41) is 0. The molecule has 0 spiro atoms. The first-order chi connectivity index (χ1) is 17.9. The molecule has 0 saturated heterocycles. The summed E-state index contributed by atoms with van der Waals surface area (Å²) in [6, 6.07) is 0. The molecule has 1 aliphatic rings. The first kappa shape index (κ1) is 35.0. The minimum atomic E-state index is -0.0697. The Balaban J connectivity index is 2.26. The molecule has 0 amide bonds. The predicted octanol–water partition coefficient (Wildman–Crippen LogP) is 9.92. The molecule has 1 rings (SSSR count). The molecule has 224 valence electrons. The summed E-state index contributed by atoms with van der Waals surface area (Å²) in [6.07, 6.45) is 17.6. The first-order valence-electron chi connectivity index (χ1n) is 16.3. The van der Waals surface area contributed by atoms with Crippen LogP contribution in [0.3, 0.4) is 0 Å². The lowest BCUT2D eigenvalue weighted by atomic mass is 9.74. The van der Waals surface area contributed by atoms with Gasteiger partial charge in [-0.15, -0.1) is 0 Å². The van der Waals surface area contributed by atoms with Crippen molar-refractivity contribution < 1.29 is 19.1 Å². The fourth-order valence-corrected chi connectivity index (χ4v) is 5.76. The first-order valence-corrected chi connectivity index (χ1v) is 16.3. The van der Waals surface area contributed by atoms with Crippen LogP contribution in [0.15, 0.2) is 0 Å². The van der Waals surface area contributed by atoms with Gasteiger partial charge in [0.25, 0.3) is 0 Å². The zero-order valence-electron chi connectivity index (χ0n) is 26.7. The summed E-state index contributed by atoms with van der Waals surface area (Å²) in [5.41, 5.74) is 0.557. The van der Waals surface area contributed by atoms with Gasteiger partial charge in [0.2, 0.25) is 0 Å². The topological polar surface area (TPSA) is 52.6 Å². The molecule has 0 aromatic heterocycles. The van der Waals surface area contributed by atoms with Crippen LogP contribution in [0.4, 0.5) is 0 Å². The summed E-state index contributed by atoms with van der Waals surface area (Å²) in [7, 11) is 0. The average molecular weight is 537 g/mol. The Morgan fingerprint density at radius 2 is 0.974 bits per heavy atom. The van der Waals surface area contributed by atoms with Gasteiger partial charge in [-0.25, -0.2) is 0 Å². The second-order valence-electron chi connectivity index (χ2n) is 13.9. The van der Waals surface area contributed by atoms with Gasteiger partial charge in [0.05, 0.1) is 25.0 Å². The van der Waals surface area contributed by atoms with E-state index in [0.29, 0.717) is 25.0 Å². The van der Waals surface area contributed by atoms with Crippen LogP contribution >= 0.6 is 0 Å². The van der Waals surface area contributed by atoms with Crippen LogP contribution in [0.1, 0.15) is 158 Å². The molecule has 4 heteroatoms. The number of unbranched alkanes of at least 4 members (excludes halogenated alkanes) is 6. The molecule has 2 unspecified atom stereocenters. The van der Waals surface area contributed by atoms with Crippen LogP contribution in [-0.2, 0) is 19.1 Å². The van der Waals surface area contributed by atoms with Crippen molar-refractivity contribution in [2.75, 3.05) is 13.2 Å². The van der Waals surface area contributed by atoms with Gasteiger partial charge in [0.15, 0.2) is 0 Å². The highest BCUT2D eigenvalue weighted by atomic mass is 16.5. The van der Waals surface area contributed by atoms with Gasteiger partial charge < -0.3 is 9.47 Å². The molecule has 0 aromatic rings. The van der Waals surface area contributed by atoms with E-state index in [9.17, 15) is 9.59 Å². The highest BCUT2D eigenvalue weighted by molar-refractivity contribution is 5.75. The predicted molar refractivity (Wildman–Crippen MR) is 160 cm³/mol. The van der Waals surface area contributed by atoms with Crippen molar-refractivity contribution in [2.45, 2.75) is 158 Å². The van der Waals surface area contributed by atoms with Crippen LogP contribution in [-0.4, -0.2) is 25.2 Å². The van der Waals surface area contributed by atoms with Crippen molar-refractivity contribution in [3.63, 3.8) is 0 Å². The fourth-order valence-electron chi connectivity index (χ4n) is 5.76. The second-order valence-corrected chi connectivity index (χ2v) is 13.9. The van der Waals surface area contributed by atoms with E-state index in [-0.39, 0.29) is 34.6 Å². The molecule has 2 atom stereocenters. The minimum Gasteiger partial charge on any atom is -0.465 e. The van der Waals surface area contributed by atoms with Gasteiger partial charge in [-0.05, 0) is 74.0 Å². The van der Waals surface area contributed by atoms with E-state index in [1.54, 1.807) is 0 Å². The molecule has 38 heavy (non-hydrogen) atoms. The van der Waals surface area contributed by atoms with Crippen molar-refractivity contribution in [3.8, 4) is 0 Å². The Labute approximate surface area is 236 Å². The Morgan fingerprint density at radius 1 is 0.632 bits per heavy atom. The molecular weight excluding hydrogens is 472 g/mol. The molecule has 0 heterocycles. The monoisotopic (exact) mass is 536 g/mol. The maximum Gasteiger partial charge on any atom is 0.308 e. The summed E-state index contributed by atoms with van der Waals surface area (Å²) < 4.78 is 11.4. The number of carbonyl (C=O) groups excluding carboxylic acids is 2. The van der Waals surface area contributed by atoms with Crippen LogP contribution in [0.2, 0.25) is 0 Å². The minimum absolute atomic E-state index is 0.0649. The third-order valence-electron chi connectivity index (χ3n) is 10.0. The molecule has 0 aliphatic heterocycles. The van der Waals surface area contributed by atoms with Crippen molar-refractivity contribution in [1.82, 2.24) is 0 Å². The summed E-state index contributed by atoms with van der Waals surface area (Å²) >= 11 is 0. The summed E-state index contributed by atoms with van der Waals surface area (Å²) in [4.78, 5) is 25.3. The van der Waals surface area contributed by atoms with Gasteiger partial charge in [0, 0.05) is 0 Å². The average Bonchev–Trinajstić information content (AvgIpc) is 2.88. The Kier molecular flexibility index (Phi) is 16.9. The van der Waals surface area contributed by atoms with Crippen LogP contribution in [0.5, 0.6) is 0 Å². The number of ether oxygens (including phenoxy) is 2. The standard InChI is InChI=1S/C34H64O4/c1-9-11-13-15-23-33(5,6)27(3)21-25-37-31(35)29-17-19-30(20-18-29)32(36)38-26-22-28(4)34(7,8)24-16-14-12-10-2/h27-30H,9-26H2,1-8H3. The number of esters is 2. The van der Waals surface area contributed by atoms with Crippen LogP contribution < -0.4 is 0 Å². The fraction of sp³-hybridized carbons (Fsp3) is 0.941. The molecule has 0 N–H and O–H groups in total. The quantitative estimate of drug-likeness (QED) is 0.115. The summed E-state index contributed by atoms with van der Waals surface area (Å²) in [6.45, 7) is 19.5. The Hall–Kier alpha value is -1.06. The lowest BCUT2D eigenvalue weighted by Crippen LogP contribution is -2.30. The van der Waals surface area contributed by atoms with Gasteiger partial charge >= 0.3 is 11.9 Å². The van der Waals surface area contributed by atoms with E-state index < -0.39 is 0 Å². The van der Waals surface area contributed by atoms with Gasteiger partial charge in [-0.3, -0.25) is 9.59 Å². The maximum atomic E-state index is 12.7. The van der Waals surface area contributed by atoms with E-state index >= 15 is 0 Å². The van der Waals surface area contributed by atoms with E-state index in [2.05, 4.69) is 55.4 Å². The lowest BCUT2D eigenvalue weighted by molar-refractivity contribution is -0.155. The summed E-state index contributed by atoms with van der Waals surface area (Å²) in [5.74, 6) is 0.781. The number of rotatable bonds is 20. The molecule has 1 aliphatic carbocycles. The van der Waals surface area contributed by atoms with Gasteiger partial charge in [-0.1, -0.05) is 107 Å². The third kappa shape index (κ3) is 13.3. The van der Waals surface area contributed by atoms with Crippen molar-refractivity contribution in [3.05, 3.63) is 0 Å². The number of carbonyl (C=O) groups is 2. The highest BCUT2D eigenvalue weighted by Gasteiger charge is 2.33. The molecule has 4 nitrogen and oxygen atoms in total. The molecular formula is C34H64O4. The highest BCUT2D eigenvalue weighted by Crippen LogP contribution is 2.36. The maximum absolute atomic E-state index is 12.7. The molecule has 1 fully saturated rings. The zero-order chi connectivity index (χ0) is 28.6. The smallest absolute Gasteiger partial charge is 0.308 e. The van der Waals surface area contributed by atoms with E-state index in [1.807, 2.05) is 0 Å². The SMILES string of the molecule is CCCCCCC(C)(C)C(C)CCOC(=O)C1CCC(C(=O)OCCC(C)C(C)(C)CCCCCC)CC1. The van der Waals surface area contributed by atoms with Crippen molar-refractivity contribution in [2.24, 2.45) is 34.5 Å². The molecule has 0 radical (unpaired) electrons.